The van der Waals surface area contributed by atoms with Gasteiger partial charge in [0.05, 0.1) is 15.5 Å². The SMILES string of the molecule is CC(=O)Nc1ccc(C(=O)[C@H](C)OC(=O)c2ccc([N+](=O)[O-])cc2Cl)cc1. The lowest BCUT2D eigenvalue weighted by atomic mass is 10.1. The molecule has 0 fully saturated rings. The Bertz CT molecular complexity index is 911. The maximum atomic E-state index is 12.4. The molecule has 0 spiro atoms. The predicted octanol–water partition coefficient (Wildman–Crippen LogP) is 3.63. The van der Waals surface area contributed by atoms with Gasteiger partial charge in [0.2, 0.25) is 11.7 Å². The van der Waals surface area contributed by atoms with Gasteiger partial charge in [-0.1, -0.05) is 11.6 Å². The van der Waals surface area contributed by atoms with Gasteiger partial charge in [-0.15, -0.1) is 0 Å². The van der Waals surface area contributed by atoms with Crippen molar-refractivity contribution < 1.29 is 24.0 Å². The number of Topliss-reactive ketones (excluding diaryl/α,β-unsaturated/α-hetero) is 1. The van der Waals surface area contributed by atoms with Crippen LogP contribution in [0.3, 0.4) is 0 Å². The Morgan fingerprint density at radius 1 is 1.15 bits per heavy atom. The number of nitrogens with one attached hydrogen (secondary N) is 1. The number of carbonyl (C=O) groups excluding carboxylic acids is 3. The van der Waals surface area contributed by atoms with E-state index >= 15 is 0 Å². The number of benzene rings is 2. The summed E-state index contributed by atoms with van der Waals surface area (Å²) < 4.78 is 5.12. The summed E-state index contributed by atoms with van der Waals surface area (Å²) in [6, 6.07) is 9.42. The van der Waals surface area contributed by atoms with Crippen molar-refractivity contribution in [1.82, 2.24) is 0 Å². The van der Waals surface area contributed by atoms with Crippen LogP contribution in [0.1, 0.15) is 34.6 Å². The molecular weight excluding hydrogens is 376 g/mol. The van der Waals surface area contributed by atoms with Crippen molar-refractivity contribution in [3.05, 3.63) is 68.7 Å². The van der Waals surface area contributed by atoms with E-state index in [2.05, 4.69) is 5.32 Å². The normalized spacial score (nSPS) is 11.4. The van der Waals surface area contributed by atoms with Crippen LogP contribution >= 0.6 is 11.6 Å². The van der Waals surface area contributed by atoms with Gasteiger partial charge in [0, 0.05) is 30.3 Å². The van der Waals surface area contributed by atoms with Crippen LogP contribution in [0, 0.1) is 10.1 Å². The number of hydrogen-bond acceptors (Lipinski definition) is 6. The molecule has 0 saturated heterocycles. The number of halogens is 1. The van der Waals surface area contributed by atoms with Crippen LogP contribution in [-0.4, -0.2) is 28.7 Å². The summed E-state index contributed by atoms with van der Waals surface area (Å²) in [7, 11) is 0. The van der Waals surface area contributed by atoms with E-state index in [-0.39, 0.29) is 22.2 Å². The number of carbonyl (C=O) groups is 3. The molecule has 1 N–H and O–H groups in total. The number of nitro benzene ring substituents is 1. The van der Waals surface area contributed by atoms with E-state index in [0.29, 0.717) is 11.3 Å². The number of non-ortho nitro benzene ring substituents is 1. The fourth-order valence-electron chi connectivity index (χ4n) is 2.22. The molecule has 1 amide bonds. The molecule has 140 valence electrons. The maximum absolute atomic E-state index is 12.4. The summed E-state index contributed by atoms with van der Waals surface area (Å²) >= 11 is 5.88. The highest BCUT2D eigenvalue weighted by Gasteiger charge is 2.23. The molecule has 0 aliphatic heterocycles. The Morgan fingerprint density at radius 3 is 2.30 bits per heavy atom. The third-order valence-electron chi connectivity index (χ3n) is 3.53. The van der Waals surface area contributed by atoms with Crippen LogP contribution in [0.25, 0.3) is 0 Å². The van der Waals surface area contributed by atoms with Gasteiger partial charge in [0.25, 0.3) is 5.69 Å². The first-order valence-corrected chi connectivity index (χ1v) is 8.13. The number of ketones is 1. The van der Waals surface area contributed by atoms with E-state index in [9.17, 15) is 24.5 Å². The van der Waals surface area contributed by atoms with Crippen molar-refractivity contribution in [2.45, 2.75) is 20.0 Å². The van der Waals surface area contributed by atoms with Crippen molar-refractivity contribution in [2.75, 3.05) is 5.32 Å². The maximum Gasteiger partial charge on any atom is 0.340 e. The summed E-state index contributed by atoms with van der Waals surface area (Å²) in [6.07, 6.45) is -1.10. The lowest BCUT2D eigenvalue weighted by Gasteiger charge is -2.13. The molecule has 27 heavy (non-hydrogen) atoms. The lowest BCUT2D eigenvalue weighted by Crippen LogP contribution is -2.24. The number of anilines is 1. The van der Waals surface area contributed by atoms with Gasteiger partial charge in [-0.05, 0) is 37.3 Å². The summed E-state index contributed by atoms with van der Waals surface area (Å²) in [5.41, 5.74) is 0.475. The third-order valence-corrected chi connectivity index (χ3v) is 3.84. The Balaban J connectivity index is 2.08. The van der Waals surface area contributed by atoms with Crippen LogP contribution in [0.15, 0.2) is 42.5 Å². The molecule has 0 aliphatic carbocycles. The molecule has 2 rings (SSSR count). The van der Waals surface area contributed by atoms with Crippen molar-refractivity contribution in [1.29, 1.82) is 0 Å². The summed E-state index contributed by atoms with van der Waals surface area (Å²) in [5, 5.41) is 13.1. The van der Waals surface area contributed by atoms with E-state index in [4.69, 9.17) is 16.3 Å². The lowest BCUT2D eigenvalue weighted by molar-refractivity contribution is -0.384. The fraction of sp³-hybridized carbons (Fsp3) is 0.167. The molecule has 0 radical (unpaired) electrons. The predicted molar refractivity (Wildman–Crippen MR) is 98.1 cm³/mol. The van der Waals surface area contributed by atoms with Crippen LogP contribution in [0.4, 0.5) is 11.4 Å². The van der Waals surface area contributed by atoms with Gasteiger partial charge in [-0.2, -0.15) is 0 Å². The third kappa shape index (κ3) is 5.11. The molecule has 0 aromatic heterocycles. The van der Waals surface area contributed by atoms with Gasteiger partial charge < -0.3 is 10.1 Å². The molecule has 1 atom stereocenters. The minimum absolute atomic E-state index is 0.0806. The van der Waals surface area contributed by atoms with Gasteiger partial charge in [0.15, 0.2) is 6.10 Å². The minimum atomic E-state index is -1.10. The van der Waals surface area contributed by atoms with Gasteiger partial charge in [-0.3, -0.25) is 19.7 Å². The molecule has 2 aromatic carbocycles. The number of ether oxygens (including phenoxy) is 1. The molecule has 0 unspecified atom stereocenters. The van der Waals surface area contributed by atoms with Crippen LogP contribution in [0.2, 0.25) is 5.02 Å². The second-order valence-electron chi connectivity index (χ2n) is 5.59. The van der Waals surface area contributed by atoms with Crippen molar-refractivity contribution in [3.63, 3.8) is 0 Å². The first-order chi connectivity index (χ1) is 12.7. The van der Waals surface area contributed by atoms with E-state index in [1.54, 1.807) is 12.1 Å². The topological polar surface area (TPSA) is 116 Å². The molecule has 2 aromatic rings. The van der Waals surface area contributed by atoms with Gasteiger partial charge >= 0.3 is 5.97 Å². The zero-order chi connectivity index (χ0) is 20.1. The highest BCUT2D eigenvalue weighted by molar-refractivity contribution is 6.33. The fourth-order valence-corrected chi connectivity index (χ4v) is 2.47. The monoisotopic (exact) mass is 390 g/mol. The van der Waals surface area contributed by atoms with Crippen LogP contribution in [-0.2, 0) is 9.53 Å². The van der Waals surface area contributed by atoms with E-state index < -0.39 is 22.8 Å². The summed E-state index contributed by atoms with van der Waals surface area (Å²) in [6.45, 7) is 2.77. The first kappa shape index (κ1) is 20.1. The second kappa shape index (κ2) is 8.41. The van der Waals surface area contributed by atoms with Crippen molar-refractivity contribution in [3.8, 4) is 0 Å². The molecule has 0 saturated carbocycles. The number of nitro groups is 1. The number of nitrogens with zero attached hydrogens (tertiary/aromatic N) is 1. The molecule has 0 aliphatic rings. The summed E-state index contributed by atoms with van der Waals surface area (Å²) in [5.74, 6) is -1.56. The Hall–Kier alpha value is -3.26. The van der Waals surface area contributed by atoms with Crippen LogP contribution < -0.4 is 5.32 Å². The average Bonchev–Trinajstić information content (AvgIpc) is 2.60. The number of esters is 1. The zero-order valence-electron chi connectivity index (χ0n) is 14.4. The van der Waals surface area contributed by atoms with Crippen molar-refractivity contribution in [2.24, 2.45) is 0 Å². The minimum Gasteiger partial charge on any atom is -0.451 e. The van der Waals surface area contributed by atoms with E-state index in [1.807, 2.05) is 0 Å². The largest absolute Gasteiger partial charge is 0.451 e. The van der Waals surface area contributed by atoms with Crippen LogP contribution in [0.5, 0.6) is 0 Å². The molecule has 0 heterocycles. The molecule has 8 nitrogen and oxygen atoms in total. The Kier molecular flexibility index (Phi) is 6.25. The number of hydrogen-bond donors (Lipinski definition) is 1. The standard InChI is InChI=1S/C18H15ClN2O6/c1-10(17(23)12-3-5-13(6-4-12)20-11(2)22)27-18(24)15-8-7-14(21(25)26)9-16(15)19/h3-10H,1-2H3,(H,20,22)/t10-/m0/s1. The number of rotatable bonds is 6. The zero-order valence-corrected chi connectivity index (χ0v) is 15.1. The average molecular weight is 391 g/mol. The summed E-state index contributed by atoms with van der Waals surface area (Å²) in [4.78, 5) is 45.6. The first-order valence-electron chi connectivity index (χ1n) is 7.76. The molecule has 9 heteroatoms. The number of amides is 1. The second-order valence-corrected chi connectivity index (χ2v) is 6.00. The van der Waals surface area contributed by atoms with Gasteiger partial charge in [-0.25, -0.2) is 4.79 Å². The molecular formula is C18H15ClN2O6. The van der Waals surface area contributed by atoms with Gasteiger partial charge in [0.1, 0.15) is 0 Å². The smallest absolute Gasteiger partial charge is 0.340 e. The van der Waals surface area contributed by atoms with E-state index in [1.165, 1.54) is 32.0 Å². The highest BCUT2D eigenvalue weighted by Crippen LogP contribution is 2.24. The van der Waals surface area contributed by atoms with Crippen molar-refractivity contribution >= 4 is 40.6 Å². The highest BCUT2D eigenvalue weighted by atomic mass is 35.5. The molecule has 0 bridgehead atoms. The van der Waals surface area contributed by atoms with E-state index in [0.717, 1.165) is 12.1 Å². The Morgan fingerprint density at radius 2 is 1.78 bits per heavy atom. The Labute approximate surface area is 159 Å². The quantitative estimate of drug-likeness (QED) is 0.348.